The Balaban J connectivity index is 1.56. The summed E-state index contributed by atoms with van der Waals surface area (Å²) >= 11 is 0. The number of ether oxygens (including phenoxy) is 1. The molecule has 1 saturated carbocycles. The van der Waals surface area contributed by atoms with E-state index in [1.807, 2.05) is 18.0 Å². The molecule has 1 aliphatic carbocycles. The monoisotopic (exact) mass is 413 g/mol. The fourth-order valence-corrected chi connectivity index (χ4v) is 4.18. The molecular formula is C23H28FN3O3. The van der Waals surface area contributed by atoms with Crippen LogP contribution in [0.2, 0.25) is 0 Å². The predicted molar refractivity (Wildman–Crippen MR) is 112 cm³/mol. The lowest BCUT2D eigenvalue weighted by molar-refractivity contribution is -0.122. The number of aliphatic hydroxyl groups is 1. The van der Waals surface area contributed by atoms with Gasteiger partial charge in [0.05, 0.1) is 30.8 Å². The first-order chi connectivity index (χ1) is 14.5. The predicted octanol–water partition coefficient (Wildman–Crippen LogP) is 2.60. The van der Waals surface area contributed by atoms with Crippen LogP contribution in [0.15, 0.2) is 30.3 Å². The molecule has 2 heterocycles. The lowest BCUT2D eigenvalue weighted by atomic mass is 9.92. The topological polar surface area (TPSA) is 74.7 Å². The molecule has 30 heavy (non-hydrogen) atoms. The zero-order chi connectivity index (χ0) is 21.1. The van der Waals surface area contributed by atoms with Crippen LogP contribution in [0.25, 0.3) is 0 Å². The maximum absolute atomic E-state index is 13.3. The van der Waals surface area contributed by atoms with Crippen LogP contribution < -0.4 is 15.0 Å². The van der Waals surface area contributed by atoms with Gasteiger partial charge < -0.3 is 20.1 Å². The summed E-state index contributed by atoms with van der Waals surface area (Å²) in [5, 5.41) is 13.1. The number of hydrogen-bond acceptors (Lipinski definition) is 5. The van der Waals surface area contributed by atoms with Crippen molar-refractivity contribution in [3.63, 3.8) is 0 Å². The third-order valence-electron chi connectivity index (χ3n) is 5.85. The Labute approximate surface area is 176 Å². The van der Waals surface area contributed by atoms with Crippen LogP contribution in [-0.2, 0) is 17.6 Å². The van der Waals surface area contributed by atoms with Crippen molar-refractivity contribution in [1.82, 2.24) is 10.3 Å². The summed E-state index contributed by atoms with van der Waals surface area (Å²) in [6.45, 7) is 1.29. The number of halogens is 1. The molecule has 2 aromatic rings. The number of rotatable bonds is 5. The van der Waals surface area contributed by atoms with Gasteiger partial charge >= 0.3 is 0 Å². The summed E-state index contributed by atoms with van der Waals surface area (Å²) in [6, 6.07) is 8.11. The largest absolute Gasteiger partial charge is 0.488 e. The number of carbonyl (C=O) groups excluding carboxylic acids is 1. The molecule has 0 saturated heterocycles. The lowest BCUT2D eigenvalue weighted by Gasteiger charge is -2.29. The van der Waals surface area contributed by atoms with E-state index in [1.54, 1.807) is 12.1 Å². The molecule has 0 unspecified atom stereocenters. The third kappa shape index (κ3) is 4.73. The van der Waals surface area contributed by atoms with Gasteiger partial charge in [-0.3, -0.25) is 4.79 Å². The van der Waals surface area contributed by atoms with E-state index in [9.17, 15) is 14.3 Å². The van der Waals surface area contributed by atoms with Crippen molar-refractivity contribution >= 4 is 11.7 Å². The van der Waals surface area contributed by atoms with Gasteiger partial charge in [0, 0.05) is 19.0 Å². The molecule has 4 rings (SSSR count). The van der Waals surface area contributed by atoms with E-state index in [4.69, 9.17) is 4.74 Å². The number of amides is 1. The smallest absolute Gasteiger partial charge is 0.226 e. The first-order valence-electron chi connectivity index (χ1n) is 10.6. The van der Waals surface area contributed by atoms with Gasteiger partial charge in [0.1, 0.15) is 12.4 Å². The number of aliphatic hydroxyl groups excluding tert-OH is 1. The van der Waals surface area contributed by atoms with Gasteiger partial charge in [0.15, 0.2) is 11.6 Å². The summed E-state index contributed by atoms with van der Waals surface area (Å²) in [6.07, 6.45) is 3.77. The zero-order valence-electron chi connectivity index (χ0n) is 17.2. The van der Waals surface area contributed by atoms with Crippen LogP contribution in [0.3, 0.4) is 0 Å². The SMILES string of the molecule is CN1CCOc2c(Cc3ccc(F)cc3)cc(CC(=O)N[C@H]3CCCC[C@@H]3O)nc21. The Bertz CT molecular complexity index is 903. The fraction of sp³-hybridized carbons (Fsp3) is 0.478. The summed E-state index contributed by atoms with van der Waals surface area (Å²) in [4.78, 5) is 19.3. The molecule has 7 heteroatoms. The number of pyridine rings is 1. The number of nitrogens with one attached hydrogen (secondary N) is 1. The number of hydrogen-bond donors (Lipinski definition) is 2. The minimum Gasteiger partial charge on any atom is -0.488 e. The van der Waals surface area contributed by atoms with E-state index in [2.05, 4.69) is 10.3 Å². The van der Waals surface area contributed by atoms with E-state index in [-0.39, 0.29) is 24.2 Å². The van der Waals surface area contributed by atoms with Gasteiger partial charge in [0.25, 0.3) is 0 Å². The number of fused-ring (bicyclic) bond motifs is 1. The molecular weight excluding hydrogens is 385 g/mol. The lowest BCUT2D eigenvalue weighted by Crippen LogP contribution is -2.45. The van der Waals surface area contributed by atoms with Crippen LogP contribution in [0.5, 0.6) is 5.75 Å². The quantitative estimate of drug-likeness (QED) is 0.788. The maximum Gasteiger partial charge on any atom is 0.226 e. The highest BCUT2D eigenvalue weighted by atomic mass is 19.1. The van der Waals surface area contributed by atoms with Gasteiger partial charge in [-0.1, -0.05) is 25.0 Å². The number of benzene rings is 1. The van der Waals surface area contributed by atoms with Crippen molar-refractivity contribution in [1.29, 1.82) is 0 Å². The van der Waals surface area contributed by atoms with Gasteiger partial charge in [-0.25, -0.2) is 9.37 Å². The standard InChI is InChI=1S/C23H28FN3O3/c1-27-10-11-30-22-16(12-15-6-8-17(24)9-7-15)13-18(25-23(22)27)14-21(29)26-19-4-2-3-5-20(19)28/h6-9,13,19-20,28H,2-5,10-12,14H2,1H3,(H,26,29)/t19-,20-/m0/s1. The molecule has 160 valence electrons. The Hall–Kier alpha value is -2.67. The first kappa shape index (κ1) is 20.6. The first-order valence-corrected chi connectivity index (χ1v) is 10.6. The number of nitrogens with zero attached hydrogens (tertiary/aromatic N) is 2. The van der Waals surface area contributed by atoms with Crippen LogP contribution in [-0.4, -0.2) is 48.3 Å². The van der Waals surface area contributed by atoms with Gasteiger partial charge in [-0.15, -0.1) is 0 Å². The number of carbonyl (C=O) groups is 1. The maximum atomic E-state index is 13.3. The molecule has 1 aromatic heterocycles. The molecule has 1 aromatic carbocycles. The second-order valence-corrected chi connectivity index (χ2v) is 8.20. The Morgan fingerprint density at radius 1 is 1.30 bits per heavy atom. The molecule has 1 fully saturated rings. The van der Waals surface area contributed by atoms with E-state index in [0.717, 1.165) is 54.9 Å². The molecule has 1 aliphatic heterocycles. The molecule has 0 spiro atoms. The van der Waals surface area contributed by atoms with Crippen LogP contribution in [0.1, 0.15) is 42.5 Å². The highest BCUT2D eigenvalue weighted by molar-refractivity contribution is 5.79. The minimum atomic E-state index is -0.479. The summed E-state index contributed by atoms with van der Waals surface area (Å²) < 4.78 is 19.2. The third-order valence-corrected chi connectivity index (χ3v) is 5.85. The zero-order valence-corrected chi connectivity index (χ0v) is 17.2. The van der Waals surface area contributed by atoms with E-state index in [0.29, 0.717) is 18.7 Å². The Kier molecular flexibility index (Phi) is 6.18. The minimum absolute atomic E-state index is 0.138. The highest BCUT2D eigenvalue weighted by Crippen LogP contribution is 2.34. The van der Waals surface area contributed by atoms with Gasteiger partial charge in [-0.05, 0) is 36.6 Å². The fourth-order valence-electron chi connectivity index (χ4n) is 4.18. The summed E-state index contributed by atoms with van der Waals surface area (Å²) in [7, 11) is 1.96. The molecule has 2 N–H and O–H groups in total. The summed E-state index contributed by atoms with van der Waals surface area (Å²) in [5.41, 5.74) is 2.55. The average Bonchev–Trinajstić information content (AvgIpc) is 2.72. The Morgan fingerprint density at radius 2 is 2.07 bits per heavy atom. The van der Waals surface area contributed by atoms with E-state index >= 15 is 0 Å². The van der Waals surface area contributed by atoms with Crippen LogP contribution in [0, 0.1) is 5.82 Å². The van der Waals surface area contributed by atoms with E-state index < -0.39 is 6.10 Å². The molecule has 0 radical (unpaired) electrons. The van der Waals surface area contributed by atoms with E-state index in [1.165, 1.54) is 12.1 Å². The van der Waals surface area contributed by atoms with Crippen molar-refractivity contribution in [3.05, 3.63) is 53.0 Å². The highest BCUT2D eigenvalue weighted by Gasteiger charge is 2.26. The Morgan fingerprint density at radius 3 is 2.83 bits per heavy atom. The molecule has 2 aliphatic rings. The average molecular weight is 413 g/mol. The molecule has 6 nitrogen and oxygen atoms in total. The van der Waals surface area contributed by atoms with Crippen LogP contribution >= 0.6 is 0 Å². The number of likely N-dealkylation sites (N-methyl/N-ethyl adjacent to an activating group) is 1. The number of anilines is 1. The summed E-state index contributed by atoms with van der Waals surface area (Å²) in [5.74, 6) is 1.04. The molecule has 2 atom stereocenters. The molecule has 1 amide bonds. The normalized spacial score (nSPS) is 21.0. The van der Waals surface area contributed by atoms with Crippen molar-refractivity contribution in [2.45, 2.75) is 50.7 Å². The molecule has 0 bridgehead atoms. The van der Waals surface area contributed by atoms with Gasteiger partial charge in [0.2, 0.25) is 5.91 Å². The number of aromatic nitrogens is 1. The second-order valence-electron chi connectivity index (χ2n) is 8.20. The van der Waals surface area contributed by atoms with Crippen molar-refractivity contribution in [3.8, 4) is 5.75 Å². The van der Waals surface area contributed by atoms with Crippen molar-refractivity contribution in [2.75, 3.05) is 25.1 Å². The second kappa shape index (κ2) is 9.00. The van der Waals surface area contributed by atoms with Crippen molar-refractivity contribution in [2.24, 2.45) is 0 Å². The van der Waals surface area contributed by atoms with Crippen molar-refractivity contribution < 1.29 is 19.0 Å². The van der Waals surface area contributed by atoms with Crippen LogP contribution in [0.4, 0.5) is 10.2 Å². The van der Waals surface area contributed by atoms with Gasteiger partial charge in [-0.2, -0.15) is 0 Å².